The number of halogens is 1. The van der Waals surface area contributed by atoms with Crippen molar-refractivity contribution in [3.05, 3.63) is 65.2 Å². The number of hydrogen-bond acceptors (Lipinski definition) is 2. The Morgan fingerprint density at radius 1 is 1.10 bits per heavy atom. The molecule has 0 aliphatic heterocycles. The van der Waals surface area contributed by atoms with Gasteiger partial charge in [-0.15, -0.1) is 0 Å². The quantitative estimate of drug-likeness (QED) is 0.636. The van der Waals surface area contributed by atoms with Crippen LogP contribution in [0.2, 0.25) is 5.02 Å². The van der Waals surface area contributed by atoms with Crippen molar-refractivity contribution >= 4 is 17.6 Å². The van der Waals surface area contributed by atoms with Crippen molar-refractivity contribution < 1.29 is 4.74 Å². The average molecular weight is 304 g/mol. The second-order valence-electron chi connectivity index (χ2n) is 4.56. The van der Waals surface area contributed by atoms with Gasteiger partial charge in [0.1, 0.15) is 12.4 Å². The van der Waals surface area contributed by atoms with Gasteiger partial charge in [0.05, 0.1) is 6.54 Å². The Balaban J connectivity index is 1.91. The number of nitrogens with one attached hydrogen (secondary N) is 1. The zero-order chi connectivity index (χ0) is 15.1. The summed E-state index contributed by atoms with van der Waals surface area (Å²) in [5.74, 6) is 0.810. The second-order valence-corrected chi connectivity index (χ2v) is 4.97. The van der Waals surface area contributed by atoms with Gasteiger partial charge in [0.25, 0.3) is 0 Å². The number of nitrogens with zero attached hydrogens (tertiary/aromatic N) is 1. The molecule has 0 saturated heterocycles. The molecule has 0 amide bonds. The first-order valence-corrected chi connectivity index (χ1v) is 7.05. The fraction of sp³-hybridized carbons (Fsp3) is 0.188. The summed E-state index contributed by atoms with van der Waals surface area (Å²) in [6.45, 7) is 1.47. The Hall–Kier alpha value is -2.20. The molecule has 0 saturated carbocycles. The minimum atomic E-state index is 0.00609. The third-order valence-electron chi connectivity index (χ3n) is 3.03. The van der Waals surface area contributed by atoms with Gasteiger partial charge in [0.15, 0.2) is 5.96 Å². The molecular weight excluding hydrogens is 286 g/mol. The Kier molecular flexibility index (Phi) is 5.46. The number of guanidine groups is 1. The molecule has 3 N–H and O–H groups in total. The van der Waals surface area contributed by atoms with Crippen molar-refractivity contribution in [1.82, 2.24) is 4.90 Å². The molecule has 4 nitrogen and oxygen atoms in total. The molecule has 0 spiro atoms. The van der Waals surface area contributed by atoms with Gasteiger partial charge in [-0.05, 0) is 23.8 Å². The van der Waals surface area contributed by atoms with E-state index in [4.69, 9.17) is 27.5 Å². The smallest absolute Gasteiger partial charge is 0.188 e. The lowest BCUT2D eigenvalue weighted by Gasteiger charge is -2.23. The van der Waals surface area contributed by atoms with E-state index in [1.165, 1.54) is 0 Å². The van der Waals surface area contributed by atoms with Crippen LogP contribution in [0.1, 0.15) is 5.56 Å². The predicted molar refractivity (Wildman–Crippen MR) is 85.7 cm³/mol. The standard InChI is InChI=1S/C16H18ClN3O/c17-15-9-5-4-6-13(15)12-20(16(18)19)10-11-21-14-7-2-1-3-8-14/h1-9H,10-12H2,(H3,18,19). The van der Waals surface area contributed by atoms with Crippen LogP contribution in [0, 0.1) is 5.41 Å². The summed E-state index contributed by atoms with van der Waals surface area (Å²) in [6.07, 6.45) is 0. The van der Waals surface area contributed by atoms with Crippen LogP contribution in [0.25, 0.3) is 0 Å². The molecule has 0 radical (unpaired) electrons. The van der Waals surface area contributed by atoms with E-state index in [2.05, 4.69) is 0 Å². The molecule has 0 atom stereocenters. The molecule has 0 aliphatic carbocycles. The monoisotopic (exact) mass is 303 g/mol. The van der Waals surface area contributed by atoms with Crippen molar-refractivity contribution in [2.24, 2.45) is 5.73 Å². The number of para-hydroxylation sites is 1. The molecule has 5 heteroatoms. The van der Waals surface area contributed by atoms with Gasteiger partial charge < -0.3 is 15.4 Å². The number of benzene rings is 2. The van der Waals surface area contributed by atoms with E-state index in [0.29, 0.717) is 24.7 Å². The largest absolute Gasteiger partial charge is 0.492 e. The number of rotatable bonds is 6. The van der Waals surface area contributed by atoms with Crippen LogP contribution in [0.3, 0.4) is 0 Å². The molecule has 0 heterocycles. The first-order chi connectivity index (χ1) is 10.2. The molecule has 0 aliphatic rings. The van der Waals surface area contributed by atoms with Crippen LogP contribution >= 0.6 is 11.6 Å². The van der Waals surface area contributed by atoms with Crippen LogP contribution in [0.15, 0.2) is 54.6 Å². The Bertz CT molecular complexity index is 589. The maximum absolute atomic E-state index is 7.66. The highest BCUT2D eigenvalue weighted by molar-refractivity contribution is 6.31. The van der Waals surface area contributed by atoms with E-state index in [-0.39, 0.29) is 5.96 Å². The van der Waals surface area contributed by atoms with Crippen molar-refractivity contribution in [2.45, 2.75) is 6.54 Å². The third-order valence-corrected chi connectivity index (χ3v) is 3.40. The molecule has 0 aromatic heterocycles. The van der Waals surface area contributed by atoms with E-state index >= 15 is 0 Å². The van der Waals surface area contributed by atoms with Gasteiger partial charge in [-0.25, -0.2) is 0 Å². The summed E-state index contributed by atoms with van der Waals surface area (Å²) in [7, 11) is 0. The van der Waals surface area contributed by atoms with Crippen LogP contribution < -0.4 is 10.5 Å². The van der Waals surface area contributed by atoms with E-state index in [9.17, 15) is 0 Å². The number of ether oxygens (including phenoxy) is 1. The van der Waals surface area contributed by atoms with Gasteiger partial charge in [0.2, 0.25) is 0 Å². The average Bonchev–Trinajstić information content (AvgIpc) is 2.49. The molecule has 0 fully saturated rings. The van der Waals surface area contributed by atoms with Gasteiger partial charge in [-0.2, -0.15) is 0 Å². The zero-order valence-electron chi connectivity index (χ0n) is 11.6. The fourth-order valence-corrected chi connectivity index (χ4v) is 2.10. The summed E-state index contributed by atoms with van der Waals surface area (Å²) in [6, 6.07) is 17.1. The van der Waals surface area contributed by atoms with Gasteiger partial charge >= 0.3 is 0 Å². The maximum Gasteiger partial charge on any atom is 0.188 e. The lowest BCUT2D eigenvalue weighted by atomic mass is 10.2. The van der Waals surface area contributed by atoms with Gasteiger partial charge in [-0.3, -0.25) is 5.41 Å². The summed E-state index contributed by atoms with van der Waals surface area (Å²) in [5.41, 5.74) is 6.56. The number of nitrogens with two attached hydrogens (primary N) is 1. The Morgan fingerprint density at radius 3 is 2.43 bits per heavy atom. The van der Waals surface area contributed by atoms with E-state index in [1.807, 2.05) is 54.6 Å². The SMILES string of the molecule is N=C(N)N(CCOc1ccccc1)Cc1ccccc1Cl. The second kappa shape index (κ2) is 7.55. The van der Waals surface area contributed by atoms with Gasteiger partial charge in [0, 0.05) is 11.6 Å². The first-order valence-electron chi connectivity index (χ1n) is 6.67. The normalized spacial score (nSPS) is 10.1. The van der Waals surface area contributed by atoms with Crippen molar-refractivity contribution in [1.29, 1.82) is 5.41 Å². The highest BCUT2D eigenvalue weighted by atomic mass is 35.5. The molecule has 2 aromatic rings. The lowest BCUT2D eigenvalue weighted by molar-refractivity contribution is 0.263. The molecular formula is C16H18ClN3O. The highest BCUT2D eigenvalue weighted by Gasteiger charge is 2.10. The number of hydrogen-bond donors (Lipinski definition) is 2. The maximum atomic E-state index is 7.66. The first kappa shape index (κ1) is 15.2. The van der Waals surface area contributed by atoms with E-state index in [1.54, 1.807) is 4.90 Å². The Morgan fingerprint density at radius 2 is 1.76 bits per heavy atom. The highest BCUT2D eigenvalue weighted by Crippen LogP contribution is 2.17. The van der Waals surface area contributed by atoms with Crippen molar-refractivity contribution in [2.75, 3.05) is 13.2 Å². The van der Waals surface area contributed by atoms with Crippen LogP contribution in [-0.2, 0) is 6.54 Å². The third kappa shape index (κ3) is 4.68. The summed E-state index contributed by atoms with van der Waals surface area (Å²) >= 11 is 6.13. The summed E-state index contributed by atoms with van der Waals surface area (Å²) in [4.78, 5) is 1.73. The molecule has 0 bridgehead atoms. The predicted octanol–water partition coefficient (Wildman–Crippen LogP) is 3.11. The summed E-state index contributed by atoms with van der Waals surface area (Å²) in [5, 5.41) is 8.33. The topological polar surface area (TPSA) is 62.3 Å². The Labute approximate surface area is 129 Å². The molecule has 2 aromatic carbocycles. The molecule has 0 unspecified atom stereocenters. The van der Waals surface area contributed by atoms with E-state index in [0.717, 1.165) is 11.3 Å². The van der Waals surface area contributed by atoms with E-state index < -0.39 is 0 Å². The molecule has 21 heavy (non-hydrogen) atoms. The van der Waals surface area contributed by atoms with Crippen LogP contribution in [0.4, 0.5) is 0 Å². The minimum Gasteiger partial charge on any atom is -0.492 e. The summed E-state index contributed by atoms with van der Waals surface area (Å²) < 4.78 is 5.63. The molecule has 110 valence electrons. The van der Waals surface area contributed by atoms with Gasteiger partial charge in [-0.1, -0.05) is 48.0 Å². The fourth-order valence-electron chi connectivity index (χ4n) is 1.91. The van der Waals surface area contributed by atoms with Crippen molar-refractivity contribution in [3.8, 4) is 5.75 Å². The van der Waals surface area contributed by atoms with Crippen LogP contribution in [-0.4, -0.2) is 24.0 Å². The molecule has 2 rings (SSSR count). The van der Waals surface area contributed by atoms with Crippen LogP contribution in [0.5, 0.6) is 5.75 Å². The lowest BCUT2D eigenvalue weighted by Crippen LogP contribution is -2.38. The zero-order valence-corrected chi connectivity index (χ0v) is 12.4. The minimum absolute atomic E-state index is 0.00609. The van der Waals surface area contributed by atoms with Crippen molar-refractivity contribution in [3.63, 3.8) is 0 Å².